The number of amides is 1. The van der Waals surface area contributed by atoms with Gasteiger partial charge in [0, 0.05) is 23.0 Å². The molecule has 5 heteroatoms. The van der Waals surface area contributed by atoms with Crippen molar-refractivity contribution in [3.05, 3.63) is 70.4 Å². The molecule has 2 aromatic heterocycles. The van der Waals surface area contributed by atoms with Crippen LogP contribution in [0.2, 0.25) is 0 Å². The molecule has 0 aliphatic heterocycles. The second-order valence-corrected chi connectivity index (χ2v) is 6.40. The van der Waals surface area contributed by atoms with Gasteiger partial charge in [-0.3, -0.25) is 4.79 Å². The van der Waals surface area contributed by atoms with Crippen LogP contribution in [0.3, 0.4) is 0 Å². The van der Waals surface area contributed by atoms with E-state index >= 15 is 0 Å². The molecule has 3 aromatic rings. The molecule has 0 fully saturated rings. The van der Waals surface area contributed by atoms with Crippen LogP contribution in [-0.4, -0.2) is 10.5 Å². The first-order valence-corrected chi connectivity index (χ1v) is 7.96. The number of rotatable bonds is 3. The molecule has 3 rings (SSSR count). The smallest absolute Gasteiger partial charge is 0.258 e. The van der Waals surface area contributed by atoms with E-state index in [2.05, 4.69) is 11.4 Å². The first kappa shape index (κ1) is 15.1. The van der Waals surface area contributed by atoms with E-state index in [0.717, 1.165) is 15.4 Å². The molecule has 23 heavy (non-hydrogen) atoms. The quantitative estimate of drug-likeness (QED) is 0.783. The molecule has 0 saturated carbocycles. The summed E-state index contributed by atoms with van der Waals surface area (Å²) in [5, 5.41) is 12.8. The molecule has 0 aliphatic rings. The summed E-state index contributed by atoms with van der Waals surface area (Å²) < 4.78 is 1.95. The molecule has 2 heterocycles. The fraction of sp³-hybridized carbons (Fsp3) is 0.111. The summed E-state index contributed by atoms with van der Waals surface area (Å²) in [5.41, 5.74) is 2.79. The minimum Gasteiger partial charge on any atom is -0.322 e. The van der Waals surface area contributed by atoms with Gasteiger partial charge in [0.1, 0.15) is 5.00 Å². The number of carbonyl (C=O) groups is 1. The number of anilines is 1. The lowest BCUT2D eigenvalue weighted by Crippen LogP contribution is -2.14. The van der Waals surface area contributed by atoms with Gasteiger partial charge in [0.2, 0.25) is 0 Å². The van der Waals surface area contributed by atoms with Crippen LogP contribution in [0, 0.1) is 25.2 Å². The van der Waals surface area contributed by atoms with Crippen molar-refractivity contribution in [1.29, 1.82) is 5.26 Å². The van der Waals surface area contributed by atoms with Crippen LogP contribution in [0.25, 0.3) is 5.00 Å². The maximum Gasteiger partial charge on any atom is 0.258 e. The molecule has 0 bridgehead atoms. The molecule has 114 valence electrons. The molecule has 0 radical (unpaired) electrons. The summed E-state index contributed by atoms with van der Waals surface area (Å²) in [4.78, 5) is 13.9. The van der Waals surface area contributed by atoms with Crippen LogP contribution >= 0.6 is 11.3 Å². The third-order valence-corrected chi connectivity index (χ3v) is 4.90. The Bertz CT molecular complexity index is 901. The molecule has 1 amide bonds. The third kappa shape index (κ3) is 2.89. The zero-order chi connectivity index (χ0) is 16.4. The van der Waals surface area contributed by atoms with Crippen LogP contribution < -0.4 is 5.32 Å². The molecule has 0 spiro atoms. The highest BCUT2D eigenvalue weighted by Crippen LogP contribution is 2.31. The normalized spacial score (nSPS) is 10.3. The average molecular weight is 321 g/mol. The van der Waals surface area contributed by atoms with Gasteiger partial charge in [-0.2, -0.15) is 5.26 Å². The highest BCUT2D eigenvalue weighted by Gasteiger charge is 2.20. The monoisotopic (exact) mass is 321 g/mol. The Morgan fingerprint density at radius 1 is 1.22 bits per heavy atom. The fourth-order valence-electron chi connectivity index (χ4n) is 2.39. The Balaban J connectivity index is 1.98. The Kier molecular flexibility index (Phi) is 4.00. The van der Waals surface area contributed by atoms with Gasteiger partial charge in [-0.1, -0.05) is 6.07 Å². The second-order valence-electron chi connectivity index (χ2n) is 5.20. The zero-order valence-corrected chi connectivity index (χ0v) is 13.6. The van der Waals surface area contributed by atoms with Crippen molar-refractivity contribution < 1.29 is 4.79 Å². The topological polar surface area (TPSA) is 57.8 Å². The van der Waals surface area contributed by atoms with E-state index in [-0.39, 0.29) is 5.91 Å². The van der Waals surface area contributed by atoms with Crippen LogP contribution in [0.1, 0.15) is 26.4 Å². The summed E-state index contributed by atoms with van der Waals surface area (Å²) in [7, 11) is 0. The van der Waals surface area contributed by atoms with Gasteiger partial charge in [-0.25, -0.2) is 0 Å². The highest BCUT2D eigenvalue weighted by atomic mass is 32.1. The first-order chi connectivity index (χ1) is 11.1. The van der Waals surface area contributed by atoms with Crippen molar-refractivity contribution in [3.63, 3.8) is 0 Å². The van der Waals surface area contributed by atoms with Crippen molar-refractivity contribution in [2.75, 3.05) is 5.32 Å². The van der Waals surface area contributed by atoms with E-state index in [1.165, 1.54) is 0 Å². The molecule has 1 aromatic carbocycles. The predicted octanol–water partition coefficient (Wildman–Crippen LogP) is 4.28. The molecule has 0 atom stereocenters. The van der Waals surface area contributed by atoms with Crippen molar-refractivity contribution in [1.82, 2.24) is 4.57 Å². The lowest BCUT2D eigenvalue weighted by atomic mass is 10.1. The van der Waals surface area contributed by atoms with E-state index in [1.807, 2.05) is 42.9 Å². The number of nitrogens with zero attached hydrogens (tertiary/aromatic N) is 2. The highest BCUT2D eigenvalue weighted by molar-refractivity contribution is 7.15. The van der Waals surface area contributed by atoms with E-state index in [1.54, 1.807) is 35.6 Å². The maximum absolute atomic E-state index is 12.8. The first-order valence-electron chi connectivity index (χ1n) is 7.15. The molecule has 4 nitrogen and oxygen atoms in total. The second kappa shape index (κ2) is 6.11. The average Bonchev–Trinajstić information content (AvgIpc) is 3.16. The molecule has 1 N–H and O–H groups in total. The van der Waals surface area contributed by atoms with Crippen molar-refractivity contribution in [2.24, 2.45) is 0 Å². The molecular formula is C18H15N3OS. The number of thiophene rings is 1. The number of nitrogens with one attached hydrogen (secondary N) is 1. The molecule has 0 unspecified atom stereocenters. The van der Waals surface area contributed by atoms with E-state index in [4.69, 9.17) is 5.26 Å². The Morgan fingerprint density at radius 2 is 1.96 bits per heavy atom. The van der Waals surface area contributed by atoms with Gasteiger partial charge in [0.15, 0.2) is 0 Å². The lowest BCUT2D eigenvalue weighted by Gasteiger charge is -2.08. The number of benzene rings is 1. The molecule has 0 aliphatic carbocycles. The van der Waals surface area contributed by atoms with Gasteiger partial charge < -0.3 is 9.88 Å². The van der Waals surface area contributed by atoms with Crippen molar-refractivity contribution in [2.45, 2.75) is 13.8 Å². The summed E-state index contributed by atoms with van der Waals surface area (Å²) >= 11 is 1.60. The summed E-state index contributed by atoms with van der Waals surface area (Å²) in [6.07, 6.45) is 3.86. The van der Waals surface area contributed by atoms with Crippen molar-refractivity contribution >= 4 is 22.9 Å². The number of hydrogen-bond acceptors (Lipinski definition) is 3. The van der Waals surface area contributed by atoms with Gasteiger partial charge in [0.25, 0.3) is 5.91 Å². The molecular weight excluding hydrogens is 306 g/mol. The Hall–Kier alpha value is -2.84. The van der Waals surface area contributed by atoms with Crippen LogP contribution in [0.15, 0.2) is 48.8 Å². The van der Waals surface area contributed by atoms with Gasteiger partial charge in [-0.05, 0) is 49.7 Å². The summed E-state index contributed by atoms with van der Waals surface area (Å²) in [6.45, 7) is 3.97. The number of hydrogen-bond donors (Lipinski definition) is 1. The maximum atomic E-state index is 12.8. The van der Waals surface area contributed by atoms with E-state index in [0.29, 0.717) is 16.8 Å². The summed E-state index contributed by atoms with van der Waals surface area (Å²) in [6, 6.07) is 12.9. The SMILES string of the molecule is Cc1sc(-n2cccc2)c(C(=O)Nc2cccc(C#N)c2)c1C. The number of aromatic nitrogens is 1. The summed E-state index contributed by atoms with van der Waals surface area (Å²) in [5.74, 6) is -0.161. The minimum absolute atomic E-state index is 0.161. The Morgan fingerprint density at radius 3 is 2.65 bits per heavy atom. The number of nitriles is 1. The van der Waals surface area contributed by atoms with E-state index in [9.17, 15) is 4.79 Å². The lowest BCUT2D eigenvalue weighted by molar-refractivity contribution is 0.102. The van der Waals surface area contributed by atoms with Gasteiger partial charge in [0.05, 0.1) is 17.2 Å². The van der Waals surface area contributed by atoms with Crippen LogP contribution in [-0.2, 0) is 0 Å². The van der Waals surface area contributed by atoms with E-state index < -0.39 is 0 Å². The number of aryl methyl sites for hydroxylation is 1. The minimum atomic E-state index is -0.161. The standard InChI is InChI=1S/C18H15N3OS/c1-12-13(2)23-18(21-8-3-4-9-21)16(12)17(22)20-15-7-5-6-14(10-15)11-19/h3-10H,1-2H3,(H,20,22). The van der Waals surface area contributed by atoms with Crippen molar-refractivity contribution in [3.8, 4) is 11.1 Å². The van der Waals surface area contributed by atoms with Gasteiger partial charge in [-0.15, -0.1) is 11.3 Å². The fourth-order valence-corrected chi connectivity index (χ4v) is 3.51. The molecule has 0 saturated heterocycles. The largest absolute Gasteiger partial charge is 0.322 e. The predicted molar refractivity (Wildman–Crippen MR) is 92.2 cm³/mol. The number of carbonyl (C=O) groups excluding carboxylic acids is 1. The zero-order valence-electron chi connectivity index (χ0n) is 12.8. The third-order valence-electron chi connectivity index (χ3n) is 3.68. The Labute approximate surface area is 138 Å². The van der Waals surface area contributed by atoms with Crippen LogP contribution in [0.4, 0.5) is 5.69 Å². The van der Waals surface area contributed by atoms with Gasteiger partial charge >= 0.3 is 0 Å². The van der Waals surface area contributed by atoms with Crippen LogP contribution in [0.5, 0.6) is 0 Å².